The molecule has 0 bridgehead atoms. The van der Waals surface area contributed by atoms with E-state index < -0.39 is 6.04 Å². The number of nitrogens with one attached hydrogen (secondary N) is 3. The molecule has 3 aliphatic heterocycles. The molecule has 3 amide bonds. The molecule has 5 rings (SSSR count). The van der Waals surface area contributed by atoms with Crippen molar-refractivity contribution in [1.29, 1.82) is 0 Å². The van der Waals surface area contributed by atoms with Gasteiger partial charge in [-0.25, -0.2) is 0 Å². The molecule has 0 spiro atoms. The monoisotopic (exact) mass is 418 g/mol. The molecule has 0 aromatic heterocycles. The molecule has 3 heterocycles. The van der Waals surface area contributed by atoms with Gasteiger partial charge in [0.2, 0.25) is 11.8 Å². The van der Waals surface area contributed by atoms with E-state index in [1.165, 1.54) is 5.56 Å². The van der Waals surface area contributed by atoms with Crippen molar-refractivity contribution >= 4 is 23.4 Å². The lowest BCUT2D eigenvalue weighted by molar-refractivity contribution is -0.136. The maximum Gasteiger partial charge on any atom is 0.255 e. The highest BCUT2D eigenvalue weighted by Crippen LogP contribution is 2.41. The molecule has 1 fully saturated rings. The van der Waals surface area contributed by atoms with Crippen LogP contribution in [-0.4, -0.2) is 34.2 Å². The Balaban J connectivity index is 1.37. The predicted octanol–water partition coefficient (Wildman–Crippen LogP) is 2.48. The lowest BCUT2D eigenvalue weighted by Gasteiger charge is -2.30. The molecule has 7 heteroatoms. The predicted molar refractivity (Wildman–Crippen MR) is 116 cm³/mol. The smallest absolute Gasteiger partial charge is 0.255 e. The Bertz CT molecular complexity index is 1090. The van der Waals surface area contributed by atoms with Crippen LogP contribution in [0.4, 0.5) is 5.69 Å². The van der Waals surface area contributed by atoms with Gasteiger partial charge < -0.3 is 15.5 Å². The summed E-state index contributed by atoms with van der Waals surface area (Å²) >= 11 is 0. The average Bonchev–Trinajstić information content (AvgIpc) is 3.19. The van der Waals surface area contributed by atoms with Gasteiger partial charge in [-0.3, -0.25) is 19.7 Å². The Kier molecular flexibility index (Phi) is 4.59. The van der Waals surface area contributed by atoms with Crippen LogP contribution in [0.3, 0.4) is 0 Å². The molecular formula is C24H26N4O3. The number of fused-ring (bicyclic) bond motifs is 2. The fraction of sp³-hybridized carbons (Fsp3) is 0.375. The van der Waals surface area contributed by atoms with Crippen molar-refractivity contribution in [2.75, 3.05) is 5.32 Å². The van der Waals surface area contributed by atoms with E-state index in [0.29, 0.717) is 25.1 Å². The van der Waals surface area contributed by atoms with Crippen molar-refractivity contribution < 1.29 is 14.4 Å². The molecule has 2 atom stereocenters. The SMILES string of the molecule is CC1(C)Nc2ccccc2C1NCc1cccc2c1C(=O)N(C1CCC(=O)NC1=O)C2. The minimum atomic E-state index is -0.594. The van der Waals surface area contributed by atoms with Crippen LogP contribution in [0.25, 0.3) is 0 Å². The Hall–Kier alpha value is -3.19. The van der Waals surface area contributed by atoms with Gasteiger partial charge in [0.05, 0.1) is 11.6 Å². The summed E-state index contributed by atoms with van der Waals surface area (Å²) in [5.74, 6) is -0.790. The number of amides is 3. The highest BCUT2D eigenvalue weighted by atomic mass is 16.2. The largest absolute Gasteiger partial charge is 0.378 e. The van der Waals surface area contributed by atoms with Crippen LogP contribution >= 0.6 is 0 Å². The molecule has 0 saturated carbocycles. The van der Waals surface area contributed by atoms with Crippen molar-refractivity contribution in [3.8, 4) is 0 Å². The van der Waals surface area contributed by atoms with Crippen molar-refractivity contribution in [2.45, 2.75) is 57.4 Å². The lowest BCUT2D eigenvalue weighted by Crippen LogP contribution is -2.52. The molecule has 2 unspecified atom stereocenters. The Labute approximate surface area is 181 Å². The van der Waals surface area contributed by atoms with Gasteiger partial charge in [0.25, 0.3) is 5.91 Å². The summed E-state index contributed by atoms with van der Waals surface area (Å²) in [5, 5.41) is 9.57. The normalized spacial score (nSPS) is 23.9. The van der Waals surface area contributed by atoms with E-state index in [0.717, 1.165) is 16.8 Å². The number of piperidine rings is 1. The van der Waals surface area contributed by atoms with Crippen molar-refractivity contribution in [3.05, 3.63) is 64.7 Å². The second kappa shape index (κ2) is 7.20. The zero-order chi connectivity index (χ0) is 21.8. The summed E-state index contributed by atoms with van der Waals surface area (Å²) in [4.78, 5) is 38.7. The van der Waals surface area contributed by atoms with E-state index in [1.807, 2.05) is 30.3 Å². The third kappa shape index (κ3) is 3.29. The quantitative estimate of drug-likeness (QED) is 0.664. The first-order chi connectivity index (χ1) is 14.8. The molecule has 160 valence electrons. The second-order valence-corrected chi connectivity index (χ2v) is 9.10. The van der Waals surface area contributed by atoms with Crippen LogP contribution in [0.2, 0.25) is 0 Å². The number of benzene rings is 2. The van der Waals surface area contributed by atoms with Gasteiger partial charge in [-0.15, -0.1) is 0 Å². The van der Waals surface area contributed by atoms with Crippen LogP contribution in [0.5, 0.6) is 0 Å². The van der Waals surface area contributed by atoms with Crippen molar-refractivity contribution in [1.82, 2.24) is 15.5 Å². The van der Waals surface area contributed by atoms with E-state index >= 15 is 0 Å². The molecule has 3 aliphatic rings. The lowest BCUT2D eigenvalue weighted by atomic mass is 9.92. The number of carbonyl (C=O) groups excluding carboxylic acids is 3. The van der Waals surface area contributed by atoms with E-state index in [-0.39, 0.29) is 35.7 Å². The Morgan fingerprint density at radius 3 is 2.71 bits per heavy atom. The van der Waals surface area contributed by atoms with Gasteiger partial charge in [0.1, 0.15) is 6.04 Å². The third-order valence-corrected chi connectivity index (χ3v) is 6.59. The minimum absolute atomic E-state index is 0.0994. The zero-order valence-corrected chi connectivity index (χ0v) is 17.7. The number of imide groups is 1. The van der Waals surface area contributed by atoms with Gasteiger partial charge in [-0.1, -0.05) is 36.4 Å². The molecule has 31 heavy (non-hydrogen) atoms. The number of nitrogens with zero attached hydrogens (tertiary/aromatic N) is 1. The summed E-state index contributed by atoms with van der Waals surface area (Å²) in [6, 6.07) is 13.7. The molecule has 1 saturated heterocycles. The molecule has 7 nitrogen and oxygen atoms in total. The highest BCUT2D eigenvalue weighted by Gasteiger charge is 2.41. The molecule has 0 radical (unpaired) electrons. The second-order valence-electron chi connectivity index (χ2n) is 9.10. The molecule has 2 aromatic carbocycles. The van der Waals surface area contributed by atoms with Crippen LogP contribution in [0, 0.1) is 0 Å². The van der Waals surface area contributed by atoms with Gasteiger partial charge in [0.15, 0.2) is 0 Å². The summed E-state index contributed by atoms with van der Waals surface area (Å²) in [5.41, 5.74) is 4.72. The number of hydrogen-bond donors (Lipinski definition) is 3. The number of hydrogen-bond acceptors (Lipinski definition) is 5. The topological polar surface area (TPSA) is 90.5 Å². The number of para-hydroxylation sites is 1. The molecule has 3 N–H and O–H groups in total. The van der Waals surface area contributed by atoms with E-state index in [4.69, 9.17) is 0 Å². The van der Waals surface area contributed by atoms with E-state index in [9.17, 15) is 14.4 Å². The van der Waals surface area contributed by atoms with E-state index in [1.54, 1.807) is 4.90 Å². The van der Waals surface area contributed by atoms with Crippen LogP contribution in [0.15, 0.2) is 42.5 Å². The first-order valence-corrected chi connectivity index (χ1v) is 10.7. The summed E-state index contributed by atoms with van der Waals surface area (Å²) in [7, 11) is 0. The first kappa shape index (κ1) is 19.8. The third-order valence-electron chi connectivity index (χ3n) is 6.59. The Morgan fingerprint density at radius 1 is 1.10 bits per heavy atom. The Morgan fingerprint density at radius 2 is 1.90 bits per heavy atom. The first-order valence-electron chi connectivity index (χ1n) is 10.7. The van der Waals surface area contributed by atoms with Crippen molar-refractivity contribution in [3.63, 3.8) is 0 Å². The number of carbonyl (C=O) groups is 3. The van der Waals surface area contributed by atoms with Gasteiger partial charge >= 0.3 is 0 Å². The number of rotatable bonds is 4. The average molecular weight is 418 g/mol. The minimum Gasteiger partial charge on any atom is -0.378 e. The molecular weight excluding hydrogens is 392 g/mol. The summed E-state index contributed by atoms with van der Waals surface area (Å²) in [6.07, 6.45) is 0.630. The standard InChI is InChI=1S/C24H26N4O3/c1-24(2)21(16-8-3-4-9-17(16)27-24)25-12-14-6-5-7-15-13-28(23(31)20(14)15)18-10-11-19(29)26-22(18)30/h3-9,18,21,25,27H,10-13H2,1-2H3,(H,26,29,30). The fourth-order valence-electron chi connectivity index (χ4n) is 5.08. The maximum atomic E-state index is 13.3. The molecule has 2 aromatic rings. The fourth-order valence-corrected chi connectivity index (χ4v) is 5.08. The van der Waals surface area contributed by atoms with Gasteiger partial charge in [0, 0.05) is 30.8 Å². The van der Waals surface area contributed by atoms with Crippen LogP contribution < -0.4 is 16.0 Å². The van der Waals surface area contributed by atoms with E-state index in [2.05, 4.69) is 41.9 Å². The summed E-state index contributed by atoms with van der Waals surface area (Å²) < 4.78 is 0. The molecule has 0 aliphatic carbocycles. The van der Waals surface area contributed by atoms with Gasteiger partial charge in [-0.2, -0.15) is 0 Å². The maximum absolute atomic E-state index is 13.3. The summed E-state index contributed by atoms with van der Waals surface area (Å²) in [6.45, 7) is 5.27. The van der Waals surface area contributed by atoms with Crippen molar-refractivity contribution in [2.24, 2.45) is 0 Å². The van der Waals surface area contributed by atoms with Crippen LogP contribution in [0.1, 0.15) is 59.8 Å². The zero-order valence-electron chi connectivity index (χ0n) is 17.7. The van der Waals surface area contributed by atoms with Crippen LogP contribution in [-0.2, 0) is 22.7 Å². The number of anilines is 1. The highest BCUT2D eigenvalue weighted by molar-refractivity contribution is 6.06. The van der Waals surface area contributed by atoms with Gasteiger partial charge in [-0.05, 0) is 43.0 Å².